The van der Waals surface area contributed by atoms with Crippen molar-refractivity contribution in [3.05, 3.63) is 124 Å². The second-order valence-corrected chi connectivity index (χ2v) is 16.1. The second kappa shape index (κ2) is 13.7. The van der Waals surface area contributed by atoms with Gasteiger partial charge >= 0.3 is 5.97 Å². The number of epoxide rings is 1. The number of carbonyl (C=O) groups excluding carboxylic acids is 2. The number of benzene rings is 3. The summed E-state index contributed by atoms with van der Waals surface area (Å²) in [6.07, 6.45) is 8.04. The van der Waals surface area contributed by atoms with Gasteiger partial charge in [0.2, 0.25) is 11.7 Å². The third-order valence-corrected chi connectivity index (χ3v) is 12.2. The number of nitrogens with one attached hydrogen (secondary N) is 1. The van der Waals surface area contributed by atoms with Crippen LogP contribution in [0.3, 0.4) is 0 Å². The lowest BCUT2D eigenvalue weighted by atomic mass is 9.52. The molecule has 8 heteroatoms. The Bertz CT molecular complexity index is 1810. The molecular formula is C44H49NO7. The highest BCUT2D eigenvalue weighted by molar-refractivity contribution is 5.94. The first-order valence-corrected chi connectivity index (χ1v) is 18.8. The zero-order valence-electron chi connectivity index (χ0n) is 30.3. The summed E-state index contributed by atoms with van der Waals surface area (Å²) in [6, 6.07) is 27.0. The number of allylic oxidation sites excluding steroid dienone is 1. The molecule has 0 radical (unpaired) electrons. The summed E-state index contributed by atoms with van der Waals surface area (Å²) in [5.74, 6) is -0.870. The number of ether oxygens (including phenoxy) is 4. The van der Waals surface area contributed by atoms with Crippen molar-refractivity contribution in [3.8, 4) is 0 Å². The number of rotatable bonds is 8. The highest BCUT2D eigenvalue weighted by Crippen LogP contribution is 2.60. The van der Waals surface area contributed by atoms with E-state index in [1.165, 1.54) is 18.4 Å². The highest BCUT2D eigenvalue weighted by atomic mass is 16.8. The predicted molar refractivity (Wildman–Crippen MR) is 197 cm³/mol. The van der Waals surface area contributed by atoms with Crippen LogP contribution in [0, 0.1) is 17.3 Å². The normalized spacial score (nSPS) is 32.0. The van der Waals surface area contributed by atoms with Gasteiger partial charge in [0.1, 0.15) is 18.3 Å². The SMILES string of the molecule is CC1(C)C[C@@H]2C(=Cc3ccc(C(=O)O[C@@H]4CC(C(=O)NCCO)=C[C@H]5OC(c6ccccc6)(c6ccccc6)O[C@H]54)cc3)CCC3O[C@]3(C)CC[C@H]21. The van der Waals surface area contributed by atoms with Gasteiger partial charge in [-0.1, -0.05) is 98.3 Å². The van der Waals surface area contributed by atoms with Crippen molar-refractivity contribution < 1.29 is 33.6 Å². The van der Waals surface area contributed by atoms with Crippen LogP contribution < -0.4 is 5.32 Å². The van der Waals surface area contributed by atoms with Crippen LogP contribution in [0.25, 0.3) is 6.08 Å². The summed E-state index contributed by atoms with van der Waals surface area (Å²) in [5.41, 5.74) is 5.37. The average molecular weight is 704 g/mol. The molecule has 0 bridgehead atoms. The van der Waals surface area contributed by atoms with Gasteiger partial charge in [0.15, 0.2) is 0 Å². The lowest BCUT2D eigenvalue weighted by molar-refractivity contribution is -0.157. The number of hydrogen-bond donors (Lipinski definition) is 2. The maximum atomic E-state index is 13.8. The van der Waals surface area contributed by atoms with E-state index in [0.717, 1.165) is 36.0 Å². The zero-order chi connectivity index (χ0) is 36.1. The van der Waals surface area contributed by atoms with Crippen LogP contribution in [-0.2, 0) is 29.5 Å². The summed E-state index contributed by atoms with van der Waals surface area (Å²) >= 11 is 0. The number of amides is 1. The largest absolute Gasteiger partial charge is 0.456 e. The Hall–Kier alpha value is -4.08. The molecule has 7 atom stereocenters. The smallest absolute Gasteiger partial charge is 0.338 e. The zero-order valence-corrected chi connectivity index (χ0v) is 30.3. The molecule has 2 saturated carbocycles. The molecule has 1 amide bonds. The molecule has 1 unspecified atom stereocenters. The molecule has 5 aliphatic rings. The van der Waals surface area contributed by atoms with E-state index in [9.17, 15) is 14.7 Å². The van der Waals surface area contributed by atoms with Crippen LogP contribution in [0.1, 0.15) is 86.3 Å². The Morgan fingerprint density at radius 1 is 0.904 bits per heavy atom. The van der Waals surface area contributed by atoms with E-state index in [2.05, 4.69) is 32.2 Å². The monoisotopic (exact) mass is 703 g/mol. The Kier molecular flexibility index (Phi) is 9.23. The van der Waals surface area contributed by atoms with Crippen molar-refractivity contribution in [2.24, 2.45) is 17.3 Å². The first-order chi connectivity index (χ1) is 25.1. The van der Waals surface area contributed by atoms with Crippen molar-refractivity contribution in [1.29, 1.82) is 0 Å². The highest BCUT2D eigenvalue weighted by Gasteiger charge is 2.57. The van der Waals surface area contributed by atoms with Gasteiger partial charge in [-0.05, 0) is 80.1 Å². The summed E-state index contributed by atoms with van der Waals surface area (Å²) in [6.45, 7) is 7.00. The number of esters is 1. The molecule has 2 aliphatic heterocycles. The maximum absolute atomic E-state index is 13.8. The quantitative estimate of drug-likeness (QED) is 0.190. The summed E-state index contributed by atoms with van der Waals surface area (Å²) in [7, 11) is 0. The fourth-order valence-electron chi connectivity index (χ4n) is 9.22. The molecule has 4 fully saturated rings. The molecule has 2 saturated heterocycles. The van der Waals surface area contributed by atoms with Crippen LogP contribution in [-0.4, -0.2) is 60.2 Å². The van der Waals surface area contributed by atoms with Gasteiger partial charge in [0.25, 0.3) is 0 Å². The lowest BCUT2D eigenvalue weighted by Crippen LogP contribution is -2.45. The molecule has 0 spiro atoms. The molecule has 8 nitrogen and oxygen atoms in total. The van der Waals surface area contributed by atoms with E-state index in [0.29, 0.717) is 34.5 Å². The van der Waals surface area contributed by atoms with E-state index in [-0.39, 0.29) is 31.1 Å². The minimum absolute atomic E-state index is 0.0477. The third-order valence-electron chi connectivity index (χ3n) is 12.2. The van der Waals surface area contributed by atoms with Crippen LogP contribution in [0.4, 0.5) is 0 Å². The first-order valence-electron chi connectivity index (χ1n) is 18.8. The molecule has 0 aromatic heterocycles. The minimum Gasteiger partial charge on any atom is -0.456 e. The van der Waals surface area contributed by atoms with Crippen LogP contribution in [0.15, 0.2) is 102 Å². The Morgan fingerprint density at radius 2 is 1.60 bits per heavy atom. The van der Waals surface area contributed by atoms with E-state index < -0.39 is 30.1 Å². The van der Waals surface area contributed by atoms with E-state index >= 15 is 0 Å². The van der Waals surface area contributed by atoms with Gasteiger partial charge in [-0.2, -0.15) is 0 Å². The van der Waals surface area contributed by atoms with Gasteiger partial charge < -0.3 is 29.4 Å². The average Bonchev–Trinajstić information content (AvgIpc) is 3.61. The Morgan fingerprint density at radius 3 is 2.25 bits per heavy atom. The number of aliphatic hydroxyl groups excluding tert-OH is 1. The summed E-state index contributed by atoms with van der Waals surface area (Å²) in [5, 5.41) is 12.1. The van der Waals surface area contributed by atoms with Gasteiger partial charge in [-0.25, -0.2) is 4.79 Å². The van der Waals surface area contributed by atoms with Gasteiger partial charge in [-0.3, -0.25) is 4.79 Å². The van der Waals surface area contributed by atoms with Gasteiger partial charge in [-0.15, -0.1) is 0 Å². The molecule has 3 aromatic carbocycles. The molecule has 2 heterocycles. The Balaban J connectivity index is 1.04. The minimum atomic E-state index is -1.28. The van der Waals surface area contributed by atoms with E-state index in [1.54, 1.807) is 6.08 Å². The van der Waals surface area contributed by atoms with Crippen molar-refractivity contribution >= 4 is 18.0 Å². The van der Waals surface area contributed by atoms with Crippen LogP contribution in [0.2, 0.25) is 0 Å². The topological polar surface area (TPSA) is 107 Å². The van der Waals surface area contributed by atoms with Crippen LogP contribution in [0.5, 0.6) is 0 Å². The van der Waals surface area contributed by atoms with Crippen molar-refractivity contribution in [2.45, 2.75) is 95.1 Å². The fraction of sp³-hybridized carbons (Fsp3) is 0.455. The van der Waals surface area contributed by atoms with Crippen molar-refractivity contribution in [1.82, 2.24) is 5.32 Å². The number of aliphatic hydroxyl groups is 1. The lowest BCUT2D eigenvalue weighted by Gasteiger charge is -2.53. The fourth-order valence-corrected chi connectivity index (χ4v) is 9.22. The van der Waals surface area contributed by atoms with Gasteiger partial charge in [0, 0.05) is 29.7 Å². The van der Waals surface area contributed by atoms with Crippen LogP contribution >= 0.6 is 0 Å². The Labute approximate surface area is 306 Å². The van der Waals surface area contributed by atoms with Gasteiger partial charge in [0.05, 0.1) is 23.9 Å². The molecule has 8 rings (SSSR count). The molecule has 2 N–H and O–H groups in total. The first kappa shape index (κ1) is 35.0. The molecular weight excluding hydrogens is 654 g/mol. The van der Waals surface area contributed by atoms with Crippen molar-refractivity contribution in [2.75, 3.05) is 13.2 Å². The summed E-state index contributed by atoms with van der Waals surface area (Å²) in [4.78, 5) is 27.0. The van der Waals surface area contributed by atoms with E-state index in [1.807, 2.05) is 84.9 Å². The maximum Gasteiger partial charge on any atom is 0.338 e. The van der Waals surface area contributed by atoms with E-state index in [4.69, 9.17) is 18.9 Å². The molecule has 52 heavy (non-hydrogen) atoms. The summed E-state index contributed by atoms with van der Waals surface area (Å²) < 4.78 is 26.0. The molecule has 272 valence electrons. The van der Waals surface area contributed by atoms with Crippen molar-refractivity contribution in [3.63, 3.8) is 0 Å². The standard InChI is InChI=1S/C44H49NO7/c1-42(2)27-34-30(18-19-38-43(3,51-38)21-20-35(34)42)24-28-14-16-29(17-15-28)41(48)49-36-25-31(40(47)45-22-23-46)26-37-39(36)52-44(50-37,32-10-6-4-7-11-32)33-12-8-5-9-13-33/h4-17,24,26,34-39,46H,18-23,25,27H2,1-3H3,(H,45,47)/t34-,35-,36-,37-,38?,39+,43-/m1/s1. The number of carbonyl (C=O) groups is 2. The third kappa shape index (κ3) is 6.55. The number of fused-ring (bicyclic) bond motifs is 3. The number of hydrogen-bond acceptors (Lipinski definition) is 7. The predicted octanol–water partition coefficient (Wildman–Crippen LogP) is 7.11. The molecule has 3 aliphatic carbocycles. The second-order valence-electron chi connectivity index (χ2n) is 16.1. The molecule has 3 aromatic rings.